The first-order valence-electron chi connectivity index (χ1n) is 15.3. The van der Waals surface area contributed by atoms with Gasteiger partial charge >= 0.3 is 5.97 Å². The number of nitrogens with one attached hydrogen (secondary N) is 4. The second-order valence-corrected chi connectivity index (χ2v) is 11.6. The Kier molecular flexibility index (Phi) is 12.9. The number of carboxylic acids is 1. The summed E-state index contributed by atoms with van der Waals surface area (Å²) in [6.45, 7) is 5.11. The molecule has 2 aromatic carbocycles. The number of carbonyl (C=O) groups excluding carboxylic acids is 5. The molecule has 47 heavy (non-hydrogen) atoms. The SMILES string of the molecule is CC(NC(=O)CCC(=O)O)C(=O)NC(C(=O)N1CCCC1C(=O)NC(Cc1ccccc1)C(=O)Nc1ccc([N+](=O)[O-])cc1)C(C)C. The lowest BCUT2D eigenvalue weighted by molar-refractivity contribution is -0.384. The lowest BCUT2D eigenvalue weighted by Crippen LogP contribution is -2.58. The van der Waals surface area contributed by atoms with Crippen LogP contribution < -0.4 is 21.3 Å². The summed E-state index contributed by atoms with van der Waals surface area (Å²) in [4.78, 5) is 88.2. The van der Waals surface area contributed by atoms with Gasteiger partial charge in [0.15, 0.2) is 0 Å². The molecule has 5 N–H and O–H groups in total. The molecule has 252 valence electrons. The van der Waals surface area contributed by atoms with Crippen molar-refractivity contribution in [3.8, 4) is 0 Å². The largest absolute Gasteiger partial charge is 0.481 e. The molecule has 15 nitrogen and oxygen atoms in total. The van der Waals surface area contributed by atoms with Gasteiger partial charge in [0.25, 0.3) is 5.69 Å². The number of likely N-dealkylation sites (tertiary alicyclic amines) is 1. The average molecular weight is 653 g/mol. The molecule has 1 saturated heterocycles. The number of aliphatic carboxylic acids is 1. The second-order valence-electron chi connectivity index (χ2n) is 11.6. The van der Waals surface area contributed by atoms with E-state index in [9.17, 15) is 38.9 Å². The van der Waals surface area contributed by atoms with Crippen molar-refractivity contribution < 1.29 is 38.8 Å². The molecule has 5 amide bonds. The number of amides is 5. The Labute approximate surface area is 271 Å². The van der Waals surface area contributed by atoms with Gasteiger partial charge in [-0.3, -0.25) is 38.9 Å². The highest BCUT2D eigenvalue weighted by Gasteiger charge is 2.40. The van der Waals surface area contributed by atoms with Crippen molar-refractivity contribution in [2.24, 2.45) is 5.92 Å². The molecule has 1 aliphatic heterocycles. The smallest absolute Gasteiger partial charge is 0.303 e. The number of nitro groups is 1. The zero-order valence-corrected chi connectivity index (χ0v) is 26.4. The van der Waals surface area contributed by atoms with Crippen molar-refractivity contribution in [3.63, 3.8) is 0 Å². The van der Waals surface area contributed by atoms with Crippen LogP contribution in [-0.4, -0.2) is 81.1 Å². The highest BCUT2D eigenvalue weighted by atomic mass is 16.6. The molecule has 0 bridgehead atoms. The van der Waals surface area contributed by atoms with Gasteiger partial charge in [0.2, 0.25) is 29.5 Å². The third-order valence-electron chi connectivity index (χ3n) is 7.67. The van der Waals surface area contributed by atoms with E-state index in [0.29, 0.717) is 18.5 Å². The standard InChI is InChI=1S/C32H40N6O9/c1-19(2)28(36-29(42)20(3)33-26(39)15-16-27(40)41)32(45)37-17-7-10-25(37)31(44)35-24(18-21-8-5-4-6-9-21)30(43)34-22-11-13-23(14-12-22)38(46)47/h4-6,8-9,11-14,19-20,24-25,28H,7,10,15-18H2,1-3H3,(H,33,39)(H,34,43)(H,35,44)(H,36,42)(H,40,41). The van der Waals surface area contributed by atoms with Crippen LogP contribution >= 0.6 is 0 Å². The Morgan fingerprint density at radius 1 is 0.915 bits per heavy atom. The lowest BCUT2D eigenvalue weighted by Gasteiger charge is -2.32. The van der Waals surface area contributed by atoms with Gasteiger partial charge in [0.05, 0.1) is 11.3 Å². The Morgan fingerprint density at radius 3 is 2.17 bits per heavy atom. The van der Waals surface area contributed by atoms with Gasteiger partial charge in [-0.05, 0) is 43.4 Å². The molecule has 1 fully saturated rings. The summed E-state index contributed by atoms with van der Waals surface area (Å²) < 4.78 is 0. The van der Waals surface area contributed by atoms with E-state index < -0.39 is 71.0 Å². The van der Waals surface area contributed by atoms with E-state index in [2.05, 4.69) is 21.3 Å². The monoisotopic (exact) mass is 652 g/mol. The van der Waals surface area contributed by atoms with Gasteiger partial charge in [-0.2, -0.15) is 0 Å². The Morgan fingerprint density at radius 2 is 1.57 bits per heavy atom. The number of benzene rings is 2. The molecule has 4 atom stereocenters. The van der Waals surface area contributed by atoms with Crippen molar-refractivity contribution in [1.82, 2.24) is 20.9 Å². The number of hydrogen-bond donors (Lipinski definition) is 5. The Bertz CT molecular complexity index is 1470. The highest BCUT2D eigenvalue weighted by Crippen LogP contribution is 2.22. The third kappa shape index (κ3) is 10.6. The van der Waals surface area contributed by atoms with Gasteiger partial charge in [0.1, 0.15) is 24.2 Å². The lowest BCUT2D eigenvalue weighted by atomic mass is 10.0. The minimum atomic E-state index is -1.15. The normalized spacial score (nSPS) is 16.0. The molecule has 1 heterocycles. The summed E-state index contributed by atoms with van der Waals surface area (Å²) in [5.41, 5.74) is 0.921. The van der Waals surface area contributed by atoms with E-state index in [4.69, 9.17) is 5.11 Å². The van der Waals surface area contributed by atoms with E-state index in [1.54, 1.807) is 38.1 Å². The minimum Gasteiger partial charge on any atom is -0.481 e. The number of hydrogen-bond acceptors (Lipinski definition) is 8. The fourth-order valence-electron chi connectivity index (χ4n) is 5.10. The molecule has 0 aliphatic carbocycles. The number of carboxylic acid groups (broad SMARTS) is 1. The van der Waals surface area contributed by atoms with E-state index in [1.165, 1.54) is 36.1 Å². The van der Waals surface area contributed by atoms with E-state index in [1.807, 2.05) is 6.07 Å². The maximum Gasteiger partial charge on any atom is 0.303 e. The van der Waals surface area contributed by atoms with Crippen molar-refractivity contribution in [1.29, 1.82) is 0 Å². The van der Waals surface area contributed by atoms with Crippen LogP contribution in [-0.2, 0) is 35.2 Å². The molecule has 0 spiro atoms. The van der Waals surface area contributed by atoms with E-state index in [0.717, 1.165) is 5.56 Å². The maximum atomic E-state index is 13.7. The molecule has 1 aliphatic rings. The van der Waals surface area contributed by atoms with Gasteiger partial charge in [-0.25, -0.2) is 0 Å². The van der Waals surface area contributed by atoms with Crippen LogP contribution in [0.5, 0.6) is 0 Å². The predicted molar refractivity (Wildman–Crippen MR) is 170 cm³/mol. The first kappa shape index (κ1) is 36.1. The van der Waals surface area contributed by atoms with Crippen molar-refractivity contribution >= 4 is 46.9 Å². The van der Waals surface area contributed by atoms with Gasteiger partial charge in [-0.15, -0.1) is 0 Å². The number of carbonyl (C=O) groups is 6. The summed E-state index contributed by atoms with van der Waals surface area (Å²) in [6.07, 6.45) is 0.274. The van der Waals surface area contributed by atoms with Crippen LogP contribution in [0.2, 0.25) is 0 Å². The summed E-state index contributed by atoms with van der Waals surface area (Å²) in [5.74, 6) is -4.41. The molecule has 2 aromatic rings. The number of nitrogens with zero attached hydrogens (tertiary/aromatic N) is 2. The van der Waals surface area contributed by atoms with Crippen LogP contribution in [0.3, 0.4) is 0 Å². The molecule has 0 aromatic heterocycles. The summed E-state index contributed by atoms with van der Waals surface area (Å²) >= 11 is 0. The fraction of sp³-hybridized carbons (Fsp3) is 0.438. The van der Waals surface area contributed by atoms with Crippen LogP contribution in [0.1, 0.15) is 52.0 Å². The predicted octanol–water partition coefficient (Wildman–Crippen LogP) is 1.76. The topological polar surface area (TPSA) is 217 Å². The number of anilines is 1. The Balaban J connectivity index is 1.72. The van der Waals surface area contributed by atoms with Crippen LogP contribution in [0.4, 0.5) is 11.4 Å². The van der Waals surface area contributed by atoms with E-state index >= 15 is 0 Å². The first-order valence-corrected chi connectivity index (χ1v) is 15.3. The quantitative estimate of drug-likeness (QED) is 0.140. The summed E-state index contributed by atoms with van der Waals surface area (Å²) in [7, 11) is 0. The molecular formula is C32H40N6O9. The fourth-order valence-corrected chi connectivity index (χ4v) is 5.10. The summed E-state index contributed by atoms with van der Waals surface area (Å²) in [5, 5.41) is 30.3. The minimum absolute atomic E-state index is 0.132. The number of rotatable bonds is 15. The molecule has 15 heteroatoms. The zero-order chi connectivity index (χ0) is 34.7. The first-order chi connectivity index (χ1) is 22.3. The second kappa shape index (κ2) is 16.8. The van der Waals surface area contributed by atoms with E-state index in [-0.39, 0.29) is 31.0 Å². The number of non-ortho nitro benzene ring substituents is 1. The van der Waals surface area contributed by atoms with Crippen molar-refractivity contribution in [2.75, 3.05) is 11.9 Å². The van der Waals surface area contributed by atoms with Gasteiger partial charge < -0.3 is 31.3 Å². The van der Waals surface area contributed by atoms with Gasteiger partial charge in [-0.1, -0.05) is 44.2 Å². The summed E-state index contributed by atoms with van der Waals surface area (Å²) in [6, 6.07) is 10.2. The maximum absolute atomic E-state index is 13.7. The molecular weight excluding hydrogens is 612 g/mol. The van der Waals surface area contributed by atoms with Crippen LogP contribution in [0.15, 0.2) is 54.6 Å². The highest BCUT2D eigenvalue weighted by molar-refractivity contribution is 5.99. The van der Waals surface area contributed by atoms with Crippen LogP contribution in [0, 0.1) is 16.0 Å². The van der Waals surface area contributed by atoms with Crippen LogP contribution in [0.25, 0.3) is 0 Å². The van der Waals surface area contributed by atoms with Gasteiger partial charge in [0, 0.05) is 37.2 Å². The Hall–Kier alpha value is -5.34. The zero-order valence-electron chi connectivity index (χ0n) is 26.4. The number of nitro benzene ring substituents is 1. The van der Waals surface area contributed by atoms with Crippen molar-refractivity contribution in [2.45, 2.75) is 77.0 Å². The molecule has 0 radical (unpaired) electrons. The molecule has 3 rings (SSSR count). The molecule has 0 saturated carbocycles. The average Bonchev–Trinajstić information content (AvgIpc) is 3.53. The third-order valence-corrected chi connectivity index (χ3v) is 7.67. The molecule has 4 unspecified atom stereocenters. The van der Waals surface area contributed by atoms with Crippen molar-refractivity contribution in [3.05, 3.63) is 70.3 Å².